The minimum absolute atomic E-state index is 0.322. The summed E-state index contributed by atoms with van der Waals surface area (Å²) >= 11 is 0. The maximum atomic E-state index is 6.04. The molecule has 3 rings (SSSR count). The van der Waals surface area contributed by atoms with Crippen molar-refractivity contribution in [2.75, 3.05) is 0 Å². The standard InChI is InChI=1S/C15H20BN3O2/c1-10-17-13(19-18-10)11-6-8-12(9-7-11)16-20-14(2,3)15(4,5)21-16/h6-9H,1-5H3,(H,17,18,19). The predicted octanol–water partition coefficient (Wildman–Crippen LogP) is 2.08. The molecule has 0 atom stereocenters. The van der Waals surface area contributed by atoms with Gasteiger partial charge in [0.2, 0.25) is 0 Å². The molecule has 2 heterocycles. The van der Waals surface area contributed by atoms with Crippen molar-refractivity contribution in [3.05, 3.63) is 30.1 Å². The highest BCUT2D eigenvalue weighted by atomic mass is 16.7. The molecule has 0 radical (unpaired) electrons. The van der Waals surface area contributed by atoms with E-state index in [0.29, 0.717) is 5.82 Å². The first-order valence-electron chi connectivity index (χ1n) is 7.13. The summed E-state index contributed by atoms with van der Waals surface area (Å²) in [5.41, 5.74) is 1.33. The number of nitrogens with one attached hydrogen (secondary N) is 1. The van der Waals surface area contributed by atoms with E-state index >= 15 is 0 Å². The fraction of sp³-hybridized carbons (Fsp3) is 0.467. The molecule has 1 N–H and O–H groups in total. The lowest BCUT2D eigenvalue weighted by molar-refractivity contribution is 0.00578. The van der Waals surface area contributed by atoms with Gasteiger partial charge in [0.05, 0.1) is 11.2 Å². The van der Waals surface area contributed by atoms with Crippen LogP contribution in [-0.2, 0) is 9.31 Å². The number of benzene rings is 1. The highest BCUT2D eigenvalue weighted by molar-refractivity contribution is 6.62. The third kappa shape index (κ3) is 2.49. The molecule has 1 aliphatic heterocycles. The van der Waals surface area contributed by atoms with Crippen LogP contribution >= 0.6 is 0 Å². The Morgan fingerprint density at radius 3 is 2.05 bits per heavy atom. The monoisotopic (exact) mass is 285 g/mol. The first-order valence-corrected chi connectivity index (χ1v) is 7.13. The van der Waals surface area contributed by atoms with E-state index in [0.717, 1.165) is 16.9 Å². The van der Waals surface area contributed by atoms with E-state index in [9.17, 15) is 0 Å². The summed E-state index contributed by atoms with van der Waals surface area (Å²) in [5.74, 6) is 1.51. The zero-order valence-electron chi connectivity index (χ0n) is 13.1. The van der Waals surface area contributed by atoms with E-state index in [1.54, 1.807) is 0 Å². The predicted molar refractivity (Wildman–Crippen MR) is 82.3 cm³/mol. The number of aromatic nitrogens is 3. The Balaban J connectivity index is 1.83. The van der Waals surface area contributed by atoms with Crippen molar-refractivity contribution in [2.24, 2.45) is 0 Å². The van der Waals surface area contributed by atoms with Gasteiger partial charge in [0.25, 0.3) is 0 Å². The highest BCUT2D eigenvalue weighted by Crippen LogP contribution is 2.36. The van der Waals surface area contributed by atoms with Gasteiger partial charge in [0, 0.05) is 5.56 Å². The summed E-state index contributed by atoms with van der Waals surface area (Å²) in [6.45, 7) is 10.1. The van der Waals surface area contributed by atoms with Crippen LogP contribution in [0, 0.1) is 6.92 Å². The minimum Gasteiger partial charge on any atom is -0.399 e. The van der Waals surface area contributed by atoms with Crippen LogP contribution < -0.4 is 5.46 Å². The zero-order chi connectivity index (χ0) is 15.3. The SMILES string of the molecule is Cc1nc(-c2ccc(B3OC(C)(C)C(C)(C)O3)cc2)n[nH]1. The van der Waals surface area contributed by atoms with E-state index < -0.39 is 0 Å². The lowest BCUT2D eigenvalue weighted by Gasteiger charge is -2.32. The van der Waals surface area contributed by atoms with E-state index in [1.165, 1.54) is 0 Å². The van der Waals surface area contributed by atoms with E-state index in [-0.39, 0.29) is 18.3 Å². The Bertz CT molecular complexity index is 633. The summed E-state index contributed by atoms with van der Waals surface area (Å²) in [6, 6.07) is 7.98. The number of rotatable bonds is 2. The molecule has 0 unspecified atom stereocenters. The number of aryl methyl sites for hydroxylation is 1. The lowest BCUT2D eigenvalue weighted by Crippen LogP contribution is -2.41. The molecule has 0 aliphatic carbocycles. The second-order valence-electron chi connectivity index (χ2n) is 6.45. The summed E-state index contributed by atoms with van der Waals surface area (Å²) in [4.78, 5) is 4.33. The Kier molecular flexibility index (Phi) is 3.18. The Morgan fingerprint density at radius 1 is 1.00 bits per heavy atom. The van der Waals surface area contributed by atoms with Crippen molar-refractivity contribution < 1.29 is 9.31 Å². The summed E-state index contributed by atoms with van der Waals surface area (Å²) in [6.07, 6.45) is 0. The molecule has 1 saturated heterocycles. The fourth-order valence-corrected chi connectivity index (χ4v) is 2.24. The van der Waals surface area contributed by atoms with Gasteiger partial charge in [-0.1, -0.05) is 24.3 Å². The molecular formula is C15H20BN3O2. The van der Waals surface area contributed by atoms with E-state index in [2.05, 4.69) is 42.9 Å². The van der Waals surface area contributed by atoms with Gasteiger partial charge in [-0.15, -0.1) is 0 Å². The average Bonchev–Trinajstić information content (AvgIpc) is 2.92. The molecule has 0 amide bonds. The fourth-order valence-electron chi connectivity index (χ4n) is 2.24. The van der Waals surface area contributed by atoms with Crippen LogP contribution in [0.15, 0.2) is 24.3 Å². The molecule has 110 valence electrons. The maximum Gasteiger partial charge on any atom is 0.494 e. The smallest absolute Gasteiger partial charge is 0.399 e. The third-order valence-electron chi connectivity index (χ3n) is 4.29. The van der Waals surface area contributed by atoms with Crippen molar-refractivity contribution >= 4 is 12.6 Å². The molecule has 0 saturated carbocycles. The molecule has 21 heavy (non-hydrogen) atoms. The molecule has 1 fully saturated rings. The normalized spacial score (nSPS) is 20.0. The molecule has 6 heteroatoms. The van der Waals surface area contributed by atoms with Crippen molar-refractivity contribution in [2.45, 2.75) is 45.8 Å². The highest BCUT2D eigenvalue weighted by Gasteiger charge is 2.51. The van der Waals surface area contributed by atoms with Crippen molar-refractivity contribution in [1.82, 2.24) is 15.2 Å². The Labute approximate surface area is 125 Å². The average molecular weight is 285 g/mol. The van der Waals surface area contributed by atoms with E-state index in [4.69, 9.17) is 9.31 Å². The van der Waals surface area contributed by atoms with Crippen molar-refractivity contribution in [3.8, 4) is 11.4 Å². The molecule has 1 aromatic carbocycles. The number of hydrogen-bond acceptors (Lipinski definition) is 4. The number of hydrogen-bond donors (Lipinski definition) is 1. The maximum absolute atomic E-state index is 6.04. The van der Waals surface area contributed by atoms with E-state index in [1.807, 2.05) is 31.2 Å². The summed E-state index contributed by atoms with van der Waals surface area (Å²) in [5, 5.41) is 7.01. The molecule has 2 aromatic rings. The molecular weight excluding hydrogens is 265 g/mol. The molecule has 0 spiro atoms. The molecule has 1 aromatic heterocycles. The third-order valence-corrected chi connectivity index (χ3v) is 4.29. The van der Waals surface area contributed by atoms with Crippen molar-refractivity contribution in [1.29, 1.82) is 0 Å². The van der Waals surface area contributed by atoms with Crippen LogP contribution in [0.5, 0.6) is 0 Å². The second-order valence-corrected chi connectivity index (χ2v) is 6.45. The first-order chi connectivity index (χ1) is 9.78. The first kappa shape index (κ1) is 14.3. The minimum atomic E-state index is -0.335. The quantitative estimate of drug-likeness (QED) is 0.858. The molecule has 0 bridgehead atoms. The second kappa shape index (κ2) is 4.68. The molecule has 5 nitrogen and oxygen atoms in total. The van der Waals surface area contributed by atoms with Crippen LogP contribution in [0.25, 0.3) is 11.4 Å². The summed E-state index contributed by atoms with van der Waals surface area (Å²) in [7, 11) is -0.335. The Hall–Kier alpha value is -1.66. The molecule has 1 aliphatic rings. The van der Waals surface area contributed by atoms with Crippen LogP contribution in [0.2, 0.25) is 0 Å². The topological polar surface area (TPSA) is 60.0 Å². The van der Waals surface area contributed by atoms with Gasteiger partial charge in [-0.05, 0) is 40.1 Å². The van der Waals surface area contributed by atoms with Gasteiger partial charge < -0.3 is 9.31 Å². The largest absolute Gasteiger partial charge is 0.494 e. The van der Waals surface area contributed by atoms with Crippen LogP contribution in [-0.4, -0.2) is 33.5 Å². The van der Waals surface area contributed by atoms with Crippen molar-refractivity contribution in [3.63, 3.8) is 0 Å². The van der Waals surface area contributed by atoms with Gasteiger partial charge in [0.1, 0.15) is 5.82 Å². The van der Waals surface area contributed by atoms with Gasteiger partial charge in [-0.3, -0.25) is 5.10 Å². The van der Waals surface area contributed by atoms with Gasteiger partial charge in [-0.2, -0.15) is 5.10 Å². The number of nitrogens with zero attached hydrogens (tertiary/aromatic N) is 2. The van der Waals surface area contributed by atoms with Gasteiger partial charge >= 0.3 is 7.12 Å². The van der Waals surface area contributed by atoms with Crippen LogP contribution in [0.4, 0.5) is 0 Å². The van der Waals surface area contributed by atoms with Crippen LogP contribution in [0.1, 0.15) is 33.5 Å². The Morgan fingerprint density at radius 2 is 1.57 bits per heavy atom. The van der Waals surface area contributed by atoms with Gasteiger partial charge in [0.15, 0.2) is 5.82 Å². The zero-order valence-corrected chi connectivity index (χ0v) is 13.1. The number of aromatic amines is 1. The number of H-pyrrole nitrogens is 1. The summed E-state index contributed by atoms with van der Waals surface area (Å²) < 4.78 is 12.1. The van der Waals surface area contributed by atoms with Crippen LogP contribution in [0.3, 0.4) is 0 Å². The lowest BCUT2D eigenvalue weighted by atomic mass is 9.79. The van der Waals surface area contributed by atoms with Gasteiger partial charge in [-0.25, -0.2) is 4.98 Å².